The Morgan fingerprint density at radius 2 is 2.21 bits per heavy atom. The SMILES string of the molecule is Cc1ccsc1CNS(=O)(=O)c1cnccc1NN. The van der Waals surface area contributed by atoms with Gasteiger partial charge in [-0.25, -0.2) is 13.1 Å². The Labute approximate surface area is 115 Å². The third kappa shape index (κ3) is 3.10. The summed E-state index contributed by atoms with van der Waals surface area (Å²) in [4.78, 5) is 4.83. The second-order valence-electron chi connectivity index (χ2n) is 3.87. The molecule has 2 aromatic rings. The number of pyridine rings is 1. The summed E-state index contributed by atoms with van der Waals surface area (Å²) in [5.74, 6) is 5.29. The van der Waals surface area contributed by atoms with Crippen molar-refractivity contribution >= 4 is 27.0 Å². The van der Waals surface area contributed by atoms with Gasteiger partial charge in [0.15, 0.2) is 0 Å². The van der Waals surface area contributed by atoms with Crippen LogP contribution in [0.1, 0.15) is 10.4 Å². The number of hydrogen-bond donors (Lipinski definition) is 3. The largest absolute Gasteiger partial charge is 0.323 e. The third-order valence-corrected chi connectivity index (χ3v) is 5.07. The van der Waals surface area contributed by atoms with Gasteiger partial charge in [-0.3, -0.25) is 10.8 Å². The second kappa shape index (κ2) is 5.66. The lowest BCUT2D eigenvalue weighted by Crippen LogP contribution is -2.25. The molecule has 0 aliphatic carbocycles. The second-order valence-corrected chi connectivity index (χ2v) is 6.60. The fourth-order valence-corrected chi connectivity index (χ4v) is 3.58. The van der Waals surface area contributed by atoms with E-state index in [1.165, 1.54) is 29.8 Å². The van der Waals surface area contributed by atoms with Gasteiger partial charge in [0.05, 0.1) is 5.69 Å². The van der Waals surface area contributed by atoms with Gasteiger partial charge >= 0.3 is 0 Å². The minimum Gasteiger partial charge on any atom is -0.323 e. The van der Waals surface area contributed by atoms with Crippen molar-refractivity contribution in [2.24, 2.45) is 5.84 Å². The van der Waals surface area contributed by atoms with Gasteiger partial charge in [-0.05, 0) is 30.0 Å². The Morgan fingerprint density at radius 3 is 2.84 bits per heavy atom. The summed E-state index contributed by atoms with van der Waals surface area (Å²) in [5, 5.41) is 1.93. The van der Waals surface area contributed by atoms with Crippen LogP contribution >= 0.6 is 11.3 Å². The lowest BCUT2D eigenvalue weighted by atomic mass is 10.3. The summed E-state index contributed by atoms with van der Waals surface area (Å²) in [7, 11) is -3.64. The molecule has 8 heteroatoms. The highest BCUT2D eigenvalue weighted by Crippen LogP contribution is 2.20. The normalized spacial score (nSPS) is 11.5. The van der Waals surface area contributed by atoms with Gasteiger partial charge in [0.1, 0.15) is 4.90 Å². The molecule has 0 fully saturated rings. The van der Waals surface area contributed by atoms with Gasteiger partial charge in [-0.2, -0.15) is 0 Å². The van der Waals surface area contributed by atoms with Crippen LogP contribution in [0, 0.1) is 6.92 Å². The van der Waals surface area contributed by atoms with E-state index in [0.717, 1.165) is 10.4 Å². The number of thiophene rings is 1. The van der Waals surface area contributed by atoms with Crippen LogP contribution in [-0.4, -0.2) is 13.4 Å². The van der Waals surface area contributed by atoms with Gasteiger partial charge in [-0.15, -0.1) is 11.3 Å². The van der Waals surface area contributed by atoms with Crippen molar-refractivity contribution in [3.05, 3.63) is 40.3 Å². The average molecular weight is 298 g/mol. The molecule has 2 heterocycles. The van der Waals surface area contributed by atoms with E-state index in [0.29, 0.717) is 5.69 Å². The first-order chi connectivity index (χ1) is 9.04. The standard InChI is InChI=1S/C11H14N4O2S2/c1-8-3-5-18-10(8)6-14-19(16,17)11-7-13-4-2-9(11)15-12/h2-5,7,14H,6,12H2,1H3,(H,13,15). The van der Waals surface area contributed by atoms with E-state index in [4.69, 9.17) is 5.84 Å². The highest BCUT2D eigenvalue weighted by Gasteiger charge is 2.18. The molecule has 6 nitrogen and oxygen atoms in total. The first kappa shape index (κ1) is 13.9. The summed E-state index contributed by atoms with van der Waals surface area (Å²) in [6, 6.07) is 3.45. The molecule has 0 saturated carbocycles. The van der Waals surface area contributed by atoms with Crippen molar-refractivity contribution in [2.45, 2.75) is 18.4 Å². The zero-order valence-electron chi connectivity index (χ0n) is 10.3. The molecule has 19 heavy (non-hydrogen) atoms. The molecule has 0 bridgehead atoms. The molecule has 0 amide bonds. The Bertz CT molecular complexity index is 667. The van der Waals surface area contributed by atoms with Gasteiger partial charge < -0.3 is 5.43 Å². The molecule has 0 aliphatic heterocycles. The molecule has 4 N–H and O–H groups in total. The molecule has 0 saturated heterocycles. The molecule has 0 atom stereocenters. The van der Waals surface area contributed by atoms with Crippen LogP contribution < -0.4 is 16.0 Å². The van der Waals surface area contributed by atoms with Crippen LogP contribution in [0.2, 0.25) is 0 Å². The Kier molecular flexibility index (Phi) is 4.15. The monoisotopic (exact) mass is 298 g/mol. The molecule has 2 rings (SSSR count). The topological polar surface area (TPSA) is 97.1 Å². The fourth-order valence-electron chi connectivity index (χ4n) is 1.54. The van der Waals surface area contributed by atoms with Crippen LogP contribution in [0.15, 0.2) is 34.8 Å². The van der Waals surface area contributed by atoms with E-state index in [2.05, 4.69) is 15.1 Å². The first-order valence-electron chi connectivity index (χ1n) is 5.48. The summed E-state index contributed by atoms with van der Waals surface area (Å²) in [6.45, 7) is 2.20. The Hall–Kier alpha value is -1.48. The fraction of sp³-hybridized carbons (Fsp3) is 0.182. The molecule has 0 spiro atoms. The molecule has 0 radical (unpaired) electrons. The maximum Gasteiger partial charge on any atom is 0.244 e. The molecular formula is C11H14N4O2S2. The average Bonchev–Trinajstić information content (AvgIpc) is 2.82. The van der Waals surface area contributed by atoms with Crippen molar-refractivity contribution in [3.8, 4) is 0 Å². The Balaban J connectivity index is 2.21. The van der Waals surface area contributed by atoms with Gasteiger partial charge in [0, 0.05) is 23.8 Å². The molecular weight excluding hydrogens is 284 g/mol. The number of nitrogens with two attached hydrogens (primary N) is 1. The van der Waals surface area contributed by atoms with E-state index >= 15 is 0 Å². The zero-order valence-corrected chi connectivity index (χ0v) is 11.9. The lowest BCUT2D eigenvalue weighted by Gasteiger charge is -2.10. The predicted molar refractivity (Wildman–Crippen MR) is 75.1 cm³/mol. The number of hydrogen-bond acceptors (Lipinski definition) is 6. The van der Waals surface area contributed by atoms with Crippen molar-refractivity contribution in [1.29, 1.82) is 0 Å². The zero-order chi connectivity index (χ0) is 13.9. The number of nitrogens with zero attached hydrogens (tertiary/aromatic N) is 1. The maximum absolute atomic E-state index is 12.2. The van der Waals surface area contributed by atoms with Crippen LogP contribution in [0.25, 0.3) is 0 Å². The van der Waals surface area contributed by atoms with Crippen LogP contribution in [0.3, 0.4) is 0 Å². The minimum absolute atomic E-state index is 0.0340. The minimum atomic E-state index is -3.64. The summed E-state index contributed by atoms with van der Waals surface area (Å²) in [5.41, 5.74) is 3.73. The molecule has 102 valence electrons. The quantitative estimate of drug-likeness (QED) is 0.569. The summed E-state index contributed by atoms with van der Waals surface area (Å²) >= 11 is 1.51. The molecule has 2 aromatic heterocycles. The van der Waals surface area contributed by atoms with Gasteiger partial charge in [0.2, 0.25) is 10.0 Å². The van der Waals surface area contributed by atoms with Crippen LogP contribution in [0.4, 0.5) is 5.69 Å². The van der Waals surface area contributed by atoms with Crippen molar-refractivity contribution in [1.82, 2.24) is 9.71 Å². The number of rotatable bonds is 5. The van der Waals surface area contributed by atoms with Crippen molar-refractivity contribution in [3.63, 3.8) is 0 Å². The number of aryl methyl sites for hydroxylation is 1. The van der Waals surface area contributed by atoms with E-state index in [9.17, 15) is 8.42 Å². The van der Waals surface area contributed by atoms with E-state index in [1.54, 1.807) is 0 Å². The molecule has 0 aromatic carbocycles. The van der Waals surface area contributed by atoms with Crippen LogP contribution in [-0.2, 0) is 16.6 Å². The molecule has 0 aliphatic rings. The number of nitrogens with one attached hydrogen (secondary N) is 2. The number of anilines is 1. The summed E-state index contributed by atoms with van der Waals surface area (Å²) in [6.07, 6.45) is 2.73. The van der Waals surface area contributed by atoms with E-state index in [1.807, 2.05) is 18.4 Å². The highest BCUT2D eigenvalue weighted by atomic mass is 32.2. The van der Waals surface area contributed by atoms with E-state index in [-0.39, 0.29) is 11.4 Å². The smallest absolute Gasteiger partial charge is 0.244 e. The molecule has 0 unspecified atom stereocenters. The Morgan fingerprint density at radius 1 is 1.42 bits per heavy atom. The van der Waals surface area contributed by atoms with Crippen molar-refractivity contribution < 1.29 is 8.42 Å². The van der Waals surface area contributed by atoms with Crippen LogP contribution in [0.5, 0.6) is 0 Å². The predicted octanol–water partition coefficient (Wildman–Crippen LogP) is 1.22. The highest BCUT2D eigenvalue weighted by molar-refractivity contribution is 7.89. The van der Waals surface area contributed by atoms with Gasteiger partial charge in [0.25, 0.3) is 0 Å². The summed E-state index contributed by atoms with van der Waals surface area (Å²) < 4.78 is 26.9. The number of hydrazine groups is 1. The number of sulfonamides is 1. The first-order valence-corrected chi connectivity index (χ1v) is 7.84. The van der Waals surface area contributed by atoms with E-state index < -0.39 is 10.0 Å². The lowest BCUT2D eigenvalue weighted by molar-refractivity contribution is 0.581. The van der Waals surface area contributed by atoms with Crippen molar-refractivity contribution in [2.75, 3.05) is 5.43 Å². The third-order valence-electron chi connectivity index (χ3n) is 2.62. The maximum atomic E-state index is 12.2. The number of nitrogen functional groups attached to an aromatic ring is 1. The van der Waals surface area contributed by atoms with Gasteiger partial charge in [-0.1, -0.05) is 0 Å². The number of aromatic nitrogens is 1.